The second-order valence-electron chi connectivity index (χ2n) is 7.40. The minimum atomic E-state index is 0.667. The van der Waals surface area contributed by atoms with Crippen molar-refractivity contribution in [2.45, 2.75) is 13.3 Å². The fourth-order valence-electron chi connectivity index (χ4n) is 3.57. The van der Waals surface area contributed by atoms with Gasteiger partial charge in [-0.05, 0) is 31.2 Å². The van der Waals surface area contributed by atoms with Crippen LogP contribution in [0.15, 0.2) is 64.3 Å². The van der Waals surface area contributed by atoms with E-state index in [1.807, 2.05) is 37.5 Å². The zero-order valence-electron chi connectivity index (χ0n) is 17.6. The number of guanidine groups is 1. The van der Waals surface area contributed by atoms with E-state index in [1.54, 1.807) is 6.26 Å². The molecule has 0 spiro atoms. The molecule has 30 heavy (non-hydrogen) atoms. The summed E-state index contributed by atoms with van der Waals surface area (Å²) in [6, 6.07) is 14.3. The smallest absolute Gasteiger partial charge is 0.226 e. The lowest BCUT2D eigenvalue weighted by molar-refractivity contribution is 0.371. The predicted octanol–water partition coefficient (Wildman–Crippen LogP) is 2.99. The molecule has 1 aliphatic heterocycles. The number of benzene rings is 1. The molecule has 7 heteroatoms. The first-order valence-electron chi connectivity index (χ1n) is 10.4. The van der Waals surface area contributed by atoms with E-state index in [9.17, 15) is 0 Å². The Morgan fingerprint density at radius 1 is 1.10 bits per heavy atom. The first kappa shape index (κ1) is 19.9. The van der Waals surface area contributed by atoms with E-state index in [0.717, 1.165) is 62.2 Å². The van der Waals surface area contributed by atoms with Crippen LogP contribution in [0.2, 0.25) is 0 Å². The van der Waals surface area contributed by atoms with Crippen molar-refractivity contribution < 1.29 is 4.42 Å². The van der Waals surface area contributed by atoms with Crippen LogP contribution < -0.4 is 10.2 Å². The van der Waals surface area contributed by atoms with Gasteiger partial charge >= 0.3 is 0 Å². The molecule has 2 aromatic heterocycles. The first-order chi connectivity index (χ1) is 14.7. The number of hydrogen-bond acceptors (Lipinski definition) is 5. The van der Waals surface area contributed by atoms with Gasteiger partial charge in [0.25, 0.3) is 0 Å². The van der Waals surface area contributed by atoms with Gasteiger partial charge in [-0.25, -0.2) is 9.97 Å². The molecule has 0 unspecified atom stereocenters. The Morgan fingerprint density at radius 2 is 1.90 bits per heavy atom. The molecule has 0 aliphatic carbocycles. The van der Waals surface area contributed by atoms with Gasteiger partial charge in [0.15, 0.2) is 5.96 Å². The van der Waals surface area contributed by atoms with Crippen LogP contribution in [0.5, 0.6) is 0 Å². The summed E-state index contributed by atoms with van der Waals surface area (Å²) in [5.41, 5.74) is 3.16. The molecule has 1 aliphatic rings. The quantitative estimate of drug-likeness (QED) is 0.521. The van der Waals surface area contributed by atoms with Crippen molar-refractivity contribution in [2.75, 3.05) is 44.7 Å². The summed E-state index contributed by atoms with van der Waals surface area (Å²) >= 11 is 0. The van der Waals surface area contributed by atoms with E-state index in [0.29, 0.717) is 5.89 Å². The highest BCUT2D eigenvalue weighted by Crippen LogP contribution is 2.19. The Hall–Kier alpha value is -3.35. The second-order valence-corrected chi connectivity index (χ2v) is 7.40. The van der Waals surface area contributed by atoms with E-state index in [1.165, 1.54) is 5.56 Å². The molecule has 3 aromatic rings. The first-order valence-corrected chi connectivity index (χ1v) is 10.4. The van der Waals surface area contributed by atoms with Crippen LogP contribution in [0, 0.1) is 6.92 Å². The highest BCUT2D eigenvalue weighted by Gasteiger charge is 2.20. The van der Waals surface area contributed by atoms with Crippen LogP contribution in [0.1, 0.15) is 11.3 Å². The lowest BCUT2D eigenvalue weighted by atomic mass is 10.1. The summed E-state index contributed by atoms with van der Waals surface area (Å²) < 4.78 is 5.65. The third-order valence-electron chi connectivity index (χ3n) is 5.28. The number of aliphatic imine (C=N–C) groups is 1. The Balaban J connectivity index is 1.26. The number of nitrogens with one attached hydrogen (secondary N) is 1. The number of pyridine rings is 1. The minimum Gasteiger partial charge on any atom is -0.444 e. The minimum absolute atomic E-state index is 0.667. The number of anilines is 1. The van der Waals surface area contributed by atoms with Gasteiger partial charge in [0, 0.05) is 58.0 Å². The SMILES string of the molecule is CN=C(NCCc1coc(-c2ccc(C)cc2)n1)N1CCN(c2ccccn2)CC1. The summed E-state index contributed by atoms with van der Waals surface area (Å²) in [5, 5.41) is 3.46. The zero-order valence-corrected chi connectivity index (χ0v) is 17.6. The Labute approximate surface area is 177 Å². The topological polar surface area (TPSA) is 69.8 Å². The summed E-state index contributed by atoms with van der Waals surface area (Å²) in [5.74, 6) is 2.63. The molecular formula is C23H28N6O. The van der Waals surface area contributed by atoms with Crippen molar-refractivity contribution in [2.24, 2.45) is 4.99 Å². The molecule has 0 saturated carbocycles. The second kappa shape index (κ2) is 9.43. The normalized spacial score (nSPS) is 14.8. The molecule has 1 N–H and O–H groups in total. The number of aryl methyl sites for hydroxylation is 1. The third-order valence-corrected chi connectivity index (χ3v) is 5.28. The fraction of sp³-hybridized carbons (Fsp3) is 0.348. The van der Waals surface area contributed by atoms with Gasteiger partial charge in [0.05, 0.1) is 5.69 Å². The third kappa shape index (κ3) is 4.79. The highest BCUT2D eigenvalue weighted by molar-refractivity contribution is 5.80. The number of nitrogens with zero attached hydrogens (tertiary/aromatic N) is 5. The zero-order chi connectivity index (χ0) is 20.8. The van der Waals surface area contributed by atoms with Crippen LogP contribution in [0.25, 0.3) is 11.5 Å². The van der Waals surface area contributed by atoms with Crippen LogP contribution in [-0.2, 0) is 6.42 Å². The Morgan fingerprint density at radius 3 is 2.60 bits per heavy atom. The maximum atomic E-state index is 5.65. The average molecular weight is 405 g/mol. The summed E-state index contributed by atoms with van der Waals surface area (Å²) in [4.78, 5) is 18.1. The predicted molar refractivity (Wildman–Crippen MR) is 120 cm³/mol. The number of rotatable bonds is 5. The van der Waals surface area contributed by atoms with E-state index in [4.69, 9.17) is 4.42 Å². The molecule has 1 saturated heterocycles. The van der Waals surface area contributed by atoms with Gasteiger partial charge in [-0.1, -0.05) is 23.8 Å². The summed E-state index contributed by atoms with van der Waals surface area (Å²) in [6.45, 7) is 6.52. The van der Waals surface area contributed by atoms with Crippen molar-refractivity contribution in [1.82, 2.24) is 20.2 Å². The van der Waals surface area contributed by atoms with E-state index in [2.05, 4.69) is 55.2 Å². The van der Waals surface area contributed by atoms with E-state index >= 15 is 0 Å². The van der Waals surface area contributed by atoms with Crippen molar-refractivity contribution in [3.63, 3.8) is 0 Å². The van der Waals surface area contributed by atoms with Crippen LogP contribution in [0.3, 0.4) is 0 Å². The molecular weight excluding hydrogens is 376 g/mol. The standard InChI is InChI=1S/C23H28N6O/c1-18-6-8-19(9-7-18)22-27-20(17-30-22)10-12-26-23(24-2)29-15-13-28(14-16-29)21-5-3-4-11-25-21/h3-9,11,17H,10,12-16H2,1-2H3,(H,24,26). The van der Waals surface area contributed by atoms with Gasteiger partial charge in [-0.15, -0.1) is 0 Å². The Bertz CT molecular complexity index is 959. The summed E-state index contributed by atoms with van der Waals surface area (Å²) in [6.07, 6.45) is 4.36. The fourth-order valence-corrected chi connectivity index (χ4v) is 3.57. The van der Waals surface area contributed by atoms with Gasteiger partial charge < -0.3 is 19.5 Å². The molecule has 0 atom stereocenters. The maximum Gasteiger partial charge on any atom is 0.226 e. The van der Waals surface area contributed by atoms with Crippen LogP contribution in [0.4, 0.5) is 5.82 Å². The number of aromatic nitrogens is 2. The molecule has 0 bridgehead atoms. The van der Waals surface area contributed by atoms with Gasteiger partial charge in [0.1, 0.15) is 12.1 Å². The van der Waals surface area contributed by atoms with Crippen LogP contribution in [-0.4, -0.2) is 60.6 Å². The number of oxazole rings is 1. The van der Waals surface area contributed by atoms with Crippen molar-refractivity contribution in [3.8, 4) is 11.5 Å². The van der Waals surface area contributed by atoms with E-state index < -0.39 is 0 Å². The summed E-state index contributed by atoms with van der Waals surface area (Å²) in [7, 11) is 1.83. The molecule has 1 fully saturated rings. The molecule has 156 valence electrons. The number of piperazine rings is 1. The molecule has 0 radical (unpaired) electrons. The molecule has 3 heterocycles. The molecule has 1 aromatic carbocycles. The monoisotopic (exact) mass is 404 g/mol. The average Bonchev–Trinajstić information content (AvgIpc) is 3.27. The van der Waals surface area contributed by atoms with Crippen molar-refractivity contribution in [3.05, 3.63) is 66.2 Å². The van der Waals surface area contributed by atoms with Gasteiger partial charge in [-0.2, -0.15) is 0 Å². The molecule has 7 nitrogen and oxygen atoms in total. The lowest BCUT2D eigenvalue weighted by Crippen LogP contribution is -2.53. The lowest BCUT2D eigenvalue weighted by Gasteiger charge is -2.37. The molecule has 4 rings (SSSR count). The van der Waals surface area contributed by atoms with Gasteiger partial charge in [0.2, 0.25) is 5.89 Å². The maximum absolute atomic E-state index is 5.65. The van der Waals surface area contributed by atoms with Crippen molar-refractivity contribution in [1.29, 1.82) is 0 Å². The van der Waals surface area contributed by atoms with Crippen LogP contribution >= 0.6 is 0 Å². The van der Waals surface area contributed by atoms with Crippen molar-refractivity contribution >= 4 is 11.8 Å². The highest BCUT2D eigenvalue weighted by atomic mass is 16.3. The van der Waals surface area contributed by atoms with E-state index in [-0.39, 0.29) is 0 Å². The van der Waals surface area contributed by atoms with Gasteiger partial charge in [-0.3, -0.25) is 4.99 Å². The molecule has 0 amide bonds. The number of hydrogen-bond donors (Lipinski definition) is 1. The largest absolute Gasteiger partial charge is 0.444 e. The Kier molecular flexibility index (Phi) is 6.27.